The zero-order chi connectivity index (χ0) is 14.5. The fourth-order valence-electron chi connectivity index (χ4n) is 2.57. The molecular formula is C18H22ClN. The summed E-state index contributed by atoms with van der Waals surface area (Å²) in [5, 5.41) is 4.30. The van der Waals surface area contributed by atoms with E-state index in [1.807, 2.05) is 13.1 Å². The summed E-state index contributed by atoms with van der Waals surface area (Å²) in [6.07, 6.45) is 0.936. The highest BCUT2D eigenvalue weighted by molar-refractivity contribution is 6.31. The molecule has 106 valence electrons. The number of nitrogens with one attached hydrogen (secondary N) is 1. The third-order valence-electron chi connectivity index (χ3n) is 3.95. The van der Waals surface area contributed by atoms with Gasteiger partial charge in [-0.05, 0) is 49.1 Å². The second-order valence-corrected chi connectivity index (χ2v) is 5.80. The van der Waals surface area contributed by atoms with E-state index in [2.05, 4.69) is 61.6 Å². The predicted molar refractivity (Wildman–Crippen MR) is 87.6 cm³/mol. The number of rotatable bonds is 5. The van der Waals surface area contributed by atoms with Crippen molar-refractivity contribution in [1.29, 1.82) is 0 Å². The number of likely N-dealkylation sites (N-methyl/N-ethyl adjacent to an activating group) is 1. The molecule has 2 aromatic rings. The van der Waals surface area contributed by atoms with Gasteiger partial charge < -0.3 is 5.32 Å². The van der Waals surface area contributed by atoms with Crippen LogP contribution >= 0.6 is 11.6 Å². The Labute approximate surface area is 127 Å². The number of hydrogen-bond acceptors (Lipinski definition) is 1. The first-order valence-electron chi connectivity index (χ1n) is 7.09. The van der Waals surface area contributed by atoms with Crippen LogP contribution < -0.4 is 5.32 Å². The third kappa shape index (κ3) is 3.62. The van der Waals surface area contributed by atoms with Crippen molar-refractivity contribution < 1.29 is 0 Å². The minimum Gasteiger partial charge on any atom is -0.316 e. The van der Waals surface area contributed by atoms with Crippen molar-refractivity contribution >= 4 is 11.6 Å². The summed E-state index contributed by atoms with van der Waals surface area (Å²) >= 11 is 6.35. The van der Waals surface area contributed by atoms with Gasteiger partial charge in [0.25, 0.3) is 0 Å². The Morgan fingerprint density at radius 2 is 1.80 bits per heavy atom. The Hall–Kier alpha value is -1.31. The van der Waals surface area contributed by atoms with Crippen molar-refractivity contribution in [1.82, 2.24) is 5.32 Å². The molecule has 0 spiro atoms. The highest BCUT2D eigenvalue weighted by atomic mass is 35.5. The third-order valence-corrected chi connectivity index (χ3v) is 4.30. The van der Waals surface area contributed by atoms with Gasteiger partial charge in [-0.3, -0.25) is 0 Å². The minimum absolute atomic E-state index is 0.373. The van der Waals surface area contributed by atoms with Gasteiger partial charge in [0.05, 0.1) is 0 Å². The average molecular weight is 288 g/mol. The molecule has 2 rings (SSSR count). The van der Waals surface area contributed by atoms with Crippen molar-refractivity contribution in [2.75, 3.05) is 7.05 Å². The van der Waals surface area contributed by atoms with Crippen LogP contribution in [-0.4, -0.2) is 13.1 Å². The van der Waals surface area contributed by atoms with E-state index in [1.54, 1.807) is 0 Å². The molecule has 0 radical (unpaired) electrons. The summed E-state index contributed by atoms with van der Waals surface area (Å²) in [6, 6.07) is 17.3. The lowest BCUT2D eigenvalue weighted by molar-refractivity contribution is 0.483. The van der Waals surface area contributed by atoms with Gasteiger partial charge in [0, 0.05) is 11.1 Å². The van der Waals surface area contributed by atoms with Crippen LogP contribution in [0, 0.1) is 6.92 Å². The van der Waals surface area contributed by atoms with Crippen molar-refractivity contribution in [3.8, 4) is 0 Å². The molecule has 0 heterocycles. The largest absolute Gasteiger partial charge is 0.316 e. The number of benzene rings is 2. The molecule has 0 aliphatic heterocycles. The summed E-state index contributed by atoms with van der Waals surface area (Å²) in [5.74, 6) is 0.443. The molecule has 20 heavy (non-hydrogen) atoms. The zero-order valence-electron chi connectivity index (χ0n) is 12.4. The first kappa shape index (κ1) is 15.1. The van der Waals surface area contributed by atoms with Gasteiger partial charge in [-0.15, -0.1) is 0 Å². The van der Waals surface area contributed by atoms with Gasteiger partial charge in [-0.1, -0.05) is 61.0 Å². The van der Waals surface area contributed by atoms with E-state index in [4.69, 9.17) is 11.6 Å². The van der Waals surface area contributed by atoms with E-state index >= 15 is 0 Å². The first-order valence-corrected chi connectivity index (χ1v) is 7.47. The molecule has 2 aromatic carbocycles. The topological polar surface area (TPSA) is 12.0 Å². The van der Waals surface area contributed by atoms with Gasteiger partial charge in [-0.2, -0.15) is 0 Å². The number of hydrogen-bond donors (Lipinski definition) is 1. The Morgan fingerprint density at radius 3 is 2.40 bits per heavy atom. The normalized spacial score (nSPS) is 14.0. The van der Waals surface area contributed by atoms with Gasteiger partial charge in [0.1, 0.15) is 0 Å². The summed E-state index contributed by atoms with van der Waals surface area (Å²) < 4.78 is 0. The molecule has 0 saturated heterocycles. The molecule has 1 N–H and O–H groups in total. The summed E-state index contributed by atoms with van der Waals surface area (Å²) in [5.41, 5.74) is 3.77. The molecule has 2 heteroatoms. The van der Waals surface area contributed by atoms with Crippen molar-refractivity contribution in [3.63, 3.8) is 0 Å². The monoisotopic (exact) mass is 287 g/mol. The molecule has 0 saturated carbocycles. The van der Waals surface area contributed by atoms with Crippen LogP contribution in [0.2, 0.25) is 5.02 Å². The van der Waals surface area contributed by atoms with E-state index < -0.39 is 0 Å². The summed E-state index contributed by atoms with van der Waals surface area (Å²) in [7, 11) is 2.02. The molecule has 0 aromatic heterocycles. The maximum Gasteiger partial charge on any atom is 0.0441 e. The summed E-state index contributed by atoms with van der Waals surface area (Å²) in [4.78, 5) is 0. The molecular weight excluding hydrogens is 266 g/mol. The molecule has 0 bridgehead atoms. The van der Waals surface area contributed by atoms with E-state index in [0.29, 0.717) is 12.0 Å². The highest BCUT2D eigenvalue weighted by Gasteiger charge is 2.18. The second-order valence-electron chi connectivity index (χ2n) is 5.39. The van der Waals surface area contributed by atoms with Crippen molar-refractivity contribution in [2.45, 2.75) is 32.2 Å². The van der Waals surface area contributed by atoms with Crippen LogP contribution in [-0.2, 0) is 6.42 Å². The van der Waals surface area contributed by atoms with E-state index in [-0.39, 0.29) is 0 Å². The van der Waals surface area contributed by atoms with E-state index in [1.165, 1.54) is 16.7 Å². The quantitative estimate of drug-likeness (QED) is 0.848. The number of halogens is 1. The number of aryl methyl sites for hydroxylation is 1. The molecule has 0 aliphatic carbocycles. The maximum atomic E-state index is 6.35. The maximum absolute atomic E-state index is 6.35. The zero-order valence-corrected chi connectivity index (χ0v) is 13.1. The predicted octanol–water partition coefficient (Wildman–Crippen LogP) is 4.58. The molecule has 1 nitrogen and oxygen atoms in total. The van der Waals surface area contributed by atoms with Gasteiger partial charge in [0.15, 0.2) is 0 Å². The van der Waals surface area contributed by atoms with Crippen LogP contribution in [0.5, 0.6) is 0 Å². The van der Waals surface area contributed by atoms with E-state index in [0.717, 1.165) is 11.4 Å². The van der Waals surface area contributed by atoms with Gasteiger partial charge >= 0.3 is 0 Å². The van der Waals surface area contributed by atoms with Crippen LogP contribution in [0.4, 0.5) is 0 Å². The summed E-state index contributed by atoms with van der Waals surface area (Å²) in [6.45, 7) is 4.33. The first-order chi connectivity index (χ1) is 9.61. The van der Waals surface area contributed by atoms with Gasteiger partial charge in [0.2, 0.25) is 0 Å². The second kappa shape index (κ2) is 6.92. The lowest BCUT2D eigenvalue weighted by Crippen LogP contribution is -2.33. The Morgan fingerprint density at radius 1 is 1.10 bits per heavy atom. The van der Waals surface area contributed by atoms with Crippen LogP contribution in [0.1, 0.15) is 29.5 Å². The lowest BCUT2D eigenvalue weighted by atomic mass is 9.89. The van der Waals surface area contributed by atoms with Crippen molar-refractivity contribution in [3.05, 3.63) is 70.2 Å². The SMILES string of the molecule is CNC(Cc1ccc(C)cc1Cl)C(C)c1ccccc1. The Bertz CT molecular complexity index is 551. The minimum atomic E-state index is 0.373. The average Bonchev–Trinajstić information content (AvgIpc) is 2.47. The molecule has 0 amide bonds. The molecule has 0 aliphatic rings. The van der Waals surface area contributed by atoms with Crippen LogP contribution in [0.3, 0.4) is 0 Å². The van der Waals surface area contributed by atoms with Crippen LogP contribution in [0.25, 0.3) is 0 Å². The Kier molecular flexibility index (Phi) is 5.22. The van der Waals surface area contributed by atoms with Crippen LogP contribution in [0.15, 0.2) is 48.5 Å². The lowest BCUT2D eigenvalue weighted by Gasteiger charge is -2.24. The molecule has 2 unspecified atom stereocenters. The highest BCUT2D eigenvalue weighted by Crippen LogP contribution is 2.25. The molecule has 2 atom stereocenters. The standard InChI is InChI=1S/C18H22ClN/c1-13-9-10-16(17(19)11-13)12-18(20-3)14(2)15-7-5-4-6-8-15/h4-11,14,18,20H,12H2,1-3H3. The Balaban J connectivity index is 2.16. The fourth-order valence-corrected chi connectivity index (χ4v) is 2.88. The fraction of sp³-hybridized carbons (Fsp3) is 0.333. The van der Waals surface area contributed by atoms with Crippen molar-refractivity contribution in [2.24, 2.45) is 0 Å². The molecule has 0 fully saturated rings. The van der Waals surface area contributed by atoms with Gasteiger partial charge in [-0.25, -0.2) is 0 Å². The smallest absolute Gasteiger partial charge is 0.0441 e. The van der Waals surface area contributed by atoms with E-state index in [9.17, 15) is 0 Å².